The van der Waals surface area contributed by atoms with Crippen LogP contribution in [0.15, 0.2) is 97.3 Å². The Morgan fingerprint density at radius 1 is 0.844 bits per heavy atom. The molecule has 1 unspecified atom stereocenters. The molecule has 0 radical (unpaired) electrons. The van der Waals surface area contributed by atoms with E-state index in [1.165, 1.54) is 6.33 Å². The predicted octanol–water partition coefficient (Wildman–Crippen LogP) is 5.34. The maximum Gasteiger partial charge on any atom is 0.338 e. The van der Waals surface area contributed by atoms with Crippen LogP contribution >= 0.6 is 22.6 Å². The van der Waals surface area contributed by atoms with E-state index < -0.39 is 41.9 Å². The van der Waals surface area contributed by atoms with Crippen molar-refractivity contribution < 1.29 is 33.3 Å². The van der Waals surface area contributed by atoms with Crippen LogP contribution in [0.2, 0.25) is 0 Å². The van der Waals surface area contributed by atoms with Gasteiger partial charge >= 0.3 is 17.9 Å². The second-order valence-corrected chi connectivity index (χ2v) is 11.5. The number of imidazole rings is 1. The van der Waals surface area contributed by atoms with Crippen molar-refractivity contribution in [3.8, 4) is 0 Å². The SMILES string of the molecule is Cc1nc(I)nc2c1ncn2[C@@H]1O[C@H](COC(=O)c2ccccc2)[C@@H](OC(=O)c2ccccc2)C1(C)OC(=O)c1ccccc1. The third-order valence-electron chi connectivity index (χ3n) is 7.47. The van der Waals surface area contributed by atoms with E-state index in [1.807, 2.05) is 29.5 Å². The van der Waals surface area contributed by atoms with Gasteiger partial charge in [-0.15, -0.1) is 0 Å². The first-order valence-electron chi connectivity index (χ1n) is 14.0. The van der Waals surface area contributed by atoms with E-state index in [4.69, 9.17) is 18.9 Å². The molecule has 0 N–H and O–H groups in total. The maximum atomic E-state index is 13.6. The molecule has 2 aromatic heterocycles. The van der Waals surface area contributed by atoms with Crippen molar-refractivity contribution >= 4 is 51.7 Å². The summed E-state index contributed by atoms with van der Waals surface area (Å²) in [6.45, 7) is 3.11. The maximum absolute atomic E-state index is 13.6. The van der Waals surface area contributed by atoms with Gasteiger partial charge in [-0.1, -0.05) is 54.6 Å². The van der Waals surface area contributed by atoms with Crippen molar-refractivity contribution in [3.05, 3.63) is 124 Å². The molecule has 3 heterocycles. The van der Waals surface area contributed by atoms with Gasteiger partial charge in [0.05, 0.1) is 28.7 Å². The molecule has 0 bridgehead atoms. The molecule has 1 aliphatic rings. The first kappa shape index (κ1) is 30.3. The molecule has 1 saturated heterocycles. The number of esters is 3. The molecular weight excluding hydrogens is 691 g/mol. The van der Waals surface area contributed by atoms with Crippen LogP contribution in [0.3, 0.4) is 0 Å². The van der Waals surface area contributed by atoms with Crippen molar-refractivity contribution in [2.45, 2.75) is 37.9 Å². The van der Waals surface area contributed by atoms with Gasteiger partial charge in [0.1, 0.15) is 18.2 Å². The molecular formula is C33H27IN4O7. The summed E-state index contributed by atoms with van der Waals surface area (Å²) in [4.78, 5) is 53.5. The van der Waals surface area contributed by atoms with Gasteiger partial charge in [0.2, 0.25) is 0 Å². The Hall–Kier alpha value is -4.69. The van der Waals surface area contributed by atoms with E-state index in [-0.39, 0.29) is 17.7 Å². The minimum absolute atomic E-state index is 0.281. The molecule has 0 amide bonds. The van der Waals surface area contributed by atoms with Crippen molar-refractivity contribution in [2.24, 2.45) is 0 Å². The lowest BCUT2D eigenvalue weighted by Gasteiger charge is -2.34. The van der Waals surface area contributed by atoms with Gasteiger partial charge in [-0.3, -0.25) is 4.57 Å². The highest BCUT2D eigenvalue weighted by Crippen LogP contribution is 2.45. The topological polar surface area (TPSA) is 132 Å². The van der Waals surface area contributed by atoms with Crippen molar-refractivity contribution in [1.29, 1.82) is 0 Å². The second-order valence-electron chi connectivity index (χ2n) is 10.5. The van der Waals surface area contributed by atoms with E-state index in [9.17, 15) is 14.4 Å². The standard InChI is InChI=1S/C33H27IN4O7/c1-20-25-27(37-32(34)36-20)38(19-35-25)31-33(2,45-30(41)23-16-10-5-11-17-23)26(44-29(40)22-14-8-4-9-15-22)24(43-31)18-42-28(39)21-12-6-3-7-13-21/h3-17,19,24,26,31H,18H2,1-2H3/t24-,26-,31-,33?/m1/s1. The number of nitrogens with zero attached hydrogens (tertiary/aromatic N) is 4. The zero-order valence-corrected chi connectivity index (χ0v) is 26.4. The predicted molar refractivity (Wildman–Crippen MR) is 169 cm³/mol. The lowest BCUT2D eigenvalue weighted by molar-refractivity contribution is -0.108. The number of hydrogen-bond donors (Lipinski definition) is 0. The summed E-state index contributed by atoms with van der Waals surface area (Å²) in [6, 6.07) is 25.3. The largest absolute Gasteiger partial charge is 0.459 e. The normalized spacial score (nSPS) is 20.9. The third-order valence-corrected chi connectivity index (χ3v) is 7.95. The quantitative estimate of drug-likeness (QED) is 0.0898. The van der Waals surface area contributed by atoms with Crippen LogP contribution in [0.5, 0.6) is 0 Å². The highest BCUT2D eigenvalue weighted by molar-refractivity contribution is 14.1. The average Bonchev–Trinajstić information content (AvgIpc) is 3.59. The molecule has 1 fully saturated rings. The number of aromatic nitrogens is 4. The fourth-order valence-electron chi connectivity index (χ4n) is 5.25. The smallest absolute Gasteiger partial charge is 0.338 e. The van der Waals surface area contributed by atoms with Crippen LogP contribution in [0.4, 0.5) is 0 Å². The van der Waals surface area contributed by atoms with Gasteiger partial charge in [0.15, 0.2) is 27.4 Å². The molecule has 45 heavy (non-hydrogen) atoms. The van der Waals surface area contributed by atoms with Gasteiger partial charge in [-0.25, -0.2) is 29.3 Å². The lowest BCUT2D eigenvalue weighted by Crippen LogP contribution is -2.50. The molecule has 228 valence electrons. The molecule has 0 saturated carbocycles. The third kappa shape index (κ3) is 6.15. The zero-order chi connectivity index (χ0) is 31.6. The van der Waals surface area contributed by atoms with E-state index in [2.05, 4.69) is 15.0 Å². The van der Waals surface area contributed by atoms with Crippen molar-refractivity contribution in [1.82, 2.24) is 19.5 Å². The average molecular weight is 719 g/mol. The number of hydrogen-bond acceptors (Lipinski definition) is 10. The Kier molecular flexibility index (Phi) is 8.59. The molecule has 0 spiro atoms. The zero-order valence-electron chi connectivity index (χ0n) is 24.2. The van der Waals surface area contributed by atoms with Gasteiger partial charge in [-0.2, -0.15) is 0 Å². The van der Waals surface area contributed by atoms with E-state index in [1.54, 1.807) is 102 Å². The molecule has 11 nitrogen and oxygen atoms in total. The Morgan fingerprint density at radius 3 is 2.00 bits per heavy atom. The Morgan fingerprint density at radius 2 is 1.40 bits per heavy atom. The second kappa shape index (κ2) is 12.7. The monoisotopic (exact) mass is 718 g/mol. The Bertz CT molecular complexity index is 1850. The van der Waals surface area contributed by atoms with Gasteiger partial charge < -0.3 is 18.9 Å². The number of rotatable bonds is 8. The van der Waals surface area contributed by atoms with Gasteiger partial charge in [-0.05, 0) is 50.2 Å². The van der Waals surface area contributed by atoms with Crippen molar-refractivity contribution in [2.75, 3.05) is 6.61 Å². The van der Waals surface area contributed by atoms with Crippen LogP contribution in [0, 0.1) is 10.8 Å². The van der Waals surface area contributed by atoms with Crippen LogP contribution in [0.25, 0.3) is 11.2 Å². The molecule has 0 aliphatic carbocycles. The van der Waals surface area contributed by atoms with Crippen LogP contribution in [-0.2, 0) is 18.9 Å². The number of aryl methyl sites for hydroxylation is 1. The summed E-state index contributed by atoms with van der Waals surface area (Å²) in [5.74, 6) is -1.93. The first-order valence-corrected chi connectivity index (χ1v) is 15.1. The fraction of sp³-hybridized carbons (Fsp3) is 0.212. The number of fused-ring (bicyclic) bond motifs is 1. The number of carbonyl (C=O) groups is 3. The van der Waals surface area contributed by atoms with Crippen LogP contribution in [-0.4, -0.2) is 61.8 Å². The minimum atomic E-state index is -1.65. The summed E-state index contributed by atoms with van der Waals surface area (Å²) in [7, 11) is 0. The molecule has 4 atom stereocenters. The Balaban J connectivity index is 1.43. The minimum Gasteiger partial charge on any atom is -0.459 e. The fourth-order valence-corrected chi connectivity index (χ4v) is 5.84. The first-order chi connectivity index (χ1) is 21.7. The van der Waals surface area contributed by atoms with E-state index >= 15 is 0 Å². The summed E-state index contributed by atoms with van der Waals surface area (Å²) in [6.07, 6.45) is -1.88. The van der Waals surface area contributed by atoms with Crippen LogP contribution < -0.4 is 0 Å². The van der Waals surface area contributed by atoms with Crippen molar-refractivity contribution in [3.63, 3.8) is 0 Å². The summed E-state index contributed by atoms with van der Waals surface area (Å²) in [5.41, 5.74) is 0.840. The summed E-state index contributed by atoms with van der Waals surface area (Å²) in [5, 5.41) is 0. The van der Waals surface area contributed by atoms with Crippen LogP contribution in [0.1, 0.15) is 49.9 Å². The van der Waals surface area contributed by atoms with Gasteiger partial charge in [0, 0.05) is 22.6 Å². The lowest BCUT2D eigenvalue weighted by atomic mass is 9.95. The summed E-state index contributed by atoms with van der Waals surface area (Å²) < 4.78 is 26.6. The molecule has 12 heteroatoms. The van der Waals surface area contributed by atoms with Gasteiger partial charge in [0.25, 0.3) is 0 Å². The van der Waals surface area contributed by atoms with E-state index in [0.29, 0.717) is 26.3 Å². The Labute approximate surface area is 271 Å². The van der Waals surface area contributed by atoms with E-state index in [0.717, 1.165) is 0 Å². The molecule has 1 aliphatic heterocycles. The molecule has 3 aromatic carbocycles. The highest BCUT2D eigenvalue weighted by Gasteiger charge is 2.60. The number of carbonyl (C=O) groups excluding carboxylic acids is 3. The number of ether oxygens (including phenoxy) is 4. The number of benzene rings is 3. The number of halogens is 1. The molecule has 5 aromatic rings. The summed E-state index contributed by atoms with van der Waals surface area (Å²) >= 11 is 2.01. The molecule has 6 rings (SSSR count). The highest BCUT2D eigenvalue weighted by atomic mass is 127.